The summed E-state index contributed by atoms with van der Waals surface area (Å²) in [6, 6.07) is 0. The highest BCUT2D eigenvalue weighted by atomic mass is 19.1. The van der Waals surface area contributed by atoms with Gasteiger partial charge in [0.15, 0.2) is 0 Å². The van der Waals surface area contributed by atoms with Crippen LogP contribution in [-0.4, -0.2) is 25.6 Å². The summed E-state index contributed by atoms with van der Waals surface area (Å²) >= 11 is 0. The second-order valence-corrected chi connectivity index (χ2v) is 9.87. The fourth-order valence-electron chi connectivity index (χ4n) is 6.50. The van der Waals surface area contributed by atoms with Crippen molar-refractivity contribution in [3.63, 3.8) is 0 Å². The summed E-state index contributed by atoms with van der Waals surface area (Å²) < 4.78 is 35.3. The van der Waals surface area contributed by atoms with E-state index < -0.39 is 12.3 Å². The molecular weight excluding hydrogens is 342 g/mol. The van der Waals surface area contributed by atoms with Gasteiger partial charge < -0.3 is 4.74 Å². The van der Waals surface area contributed by atoms with Crippen LogP contribution in [0.25, 0.3) is 0 Å². The maximum atomic E-state index is 15.1. The fourth-order valence-corrected chi connectivity index (χ4v) is 6.50. The molecule has 158 valence electrons. The Hall–Kier alpha value is -0.180. The van der Waals surface area contributed by atoms with Gasteiger partial charge in [-0.2, -0.15) is 0 Å². The molecule has 0 amide bonds. The van der Waals surface area contributed by atoms with Crippen molar-refractivity contribution in [2.75, 3.05) is 7.11 Å². The summed E-state index contributed by atoms with van der Waals surface area (Å²) in [7, 11) is 1.81. The quantitative estimate of drug-likeness (QED) is 0.419. The van der Waals surface area contributed by atoms with Crippen LogP contribution in [0.4, 0.5) is 8.78 Å². The topological polar surface area (TPSA) is 9.23 Å². The second-order valence-electron chi connectivity index (χ2n) is 9.87. The van der Waals surface area contributed by atoms with Crippen LogP contribution in [0.15, 0.2) is 0 Å². The lowest BCUT2D eigenvalue weighted by atomic mass is 9.64. The van der Waals surface area contributed by atoms with Gasteiger partial charge in [-0.25, -0.2) is 8.78 Å². The zero-order valence-corrected chi connectivity index (χ0v) is 17.7. The van der Waals surface area contributed by atoms with Crippen LogP contribution in [0.1, 0.15) is 96.8 Å². The third-order valence-corrected chi connectivity index (χ3v) is 8.31. The Labute approximate surface area is 166 Å². The largest absolute Gasteiger partial charge is 0.381 e. The molecule has 3 heteroatoms. The summed E-state index contributed by atoms with van der Waals surface area (Å²) in [4.78, 5) is 0. The number of hydrogen-bond donors (Lipinski definition) is 0. The van der Waals surface area contributed by atoms with Gasteiger partial charge >= 0.3 is 0 Å². The Bertz CT molecular complexity index is 421. The minimum absolute atomic E-state index is 0.131. The fraction of sp³-hybridized carbons (Fsp3) is 1.00. The van der Waals surface area contributed by atoms with Crippen LogP contribution in [0.5, 0.6) is 0 Å². The van der Waals surface area contributed by atoms with Gasteiger partial charge in [0.2, 0.25) is 0 Å². The van der Waals surface area contributed by atoms with Crippen molar-refractivity contribution in [3.05, 3.63) is 0 Å². The van der Waals surface area contributed by atoms with Crippen LogP contribution in [-0.2, 0) is 4.74 Å². The normalized spacial score (nSPS) is 43.6. The minimum atomic E-state index is -0.697. The van der Waals surface area contributed by atoms with E-state index >= 15 is 4.39 Å². The summed E-state index contributed by atoms with van der Waals surface area (Å²) in [5.74, 6) is 1.92. The third kappa shape index (κ3) is 5.67. The van der Waals surface area contributed by atoms with Crippen LogP contribution >= 0.6 is 0 Å². The Morgan fingerprint density at radius 1 is 0.741 bits per heavy atom. The van der Waals surface area contributed by atoms with E-state index in [1.165, 1.54) is 32.1 Å². The number of alkyl halides is 2. The predicted octanol–water partition coefficient (Wildman–Crippen LogP) is 7.28. The highest BCUT2D eigenvalue weighted by molar-refractivity contribution is 4.92. The maximum Gasteiger partial charge on any atom is 0.103 e. The van der Waals surface area contributed by atoms with Crippen LogP contribution in [0.2, 0.25) is 0 Å². The smallest absolute Gasteiger partial charge is 0.103 e. The van der Waals surface area contributed by atoms with E-state index in [4.69, 9.17) is 4.74 Å². The molecule has 0 aromatic carbocycles. The van der Waals surface area contributed by atoms with E-state index in [9.17, 15) is 4.39 Å². The maximum absolute atomic E-state index is 15.1. The van der Waals surface area contributed by atoms with E-state index in [-0.39, 0.29) is 11.8 Å². The van der Waals surface area contributed by atoms with Gasteiger partial charge in [0, 0.05) is 7.11 Å². The molecule has 3 aliphatic carbocycles. The van der Waals surface area contributed by atoms with Gasteiger partial charge in [-0.3, -0.25) is 0 Å². The number of unbranched alkanes of at least 4 members (excludes halogenated alkanes) is 2. The Morgan fingerprint density at radius 2 is 1.41 bits per heavy atom. The van der Waals surface area contributed by atoms with E-state index in [1.54, 1.807) is 0 Å². The first kappa shape index (κ1) is 21.5. The lowest BCUT2D eigenvalue weighted by Crippen LogP contribution is -2.39. The summed E-state index contributed by atoms with van der Waals surface area (Å²) in [5.41, 5.74) is 0. The molecule has 0 N–H and O–H groups in total. The summed E-state index contributed by atoms with van der Waals surface area (Å²) in [6.45, 7) is 2.20. The molecule has 0 aliphatic heterocycles. The highest BCUT2D eigenvalue weighted by Crippen LogP contribution is 2.47. The molecule has 0 bridgehead atoms. The minimum Gasteiger partial charge on any atom is -0.381 e. The molecule has 0 heterocycles. The standard InChI is InChI=1S/C24H42F2O/c1-3-4-5-6-18-7-8-20(16-23(18)25)22-14-11-19(15-24(22)26)17-9-12-21(27-2)13-10-17/h17-24H,3-16H2,1-2H3. The molecule has 0 radical (unpaired) electrons. The Balaban J connectivity index is 1.43. The molecule has 3 aliphatic rings. The lowest BCUT2D eigenvalue weighted by Gasteiger charge is -2.43. The van der Waals surface area contributed by atoms with Crippen molar-refractivity contribution >= 4 is 0 Å². The number of ether oxygens (including phenoxy) is 1. The number of hydrogen-bond acceptors (Lipinski definition) is 1. The van der Waals surface area contributed by atoms with Gasteiger partial charge in [0.05, 0.1) is 6.10 Å². The van der Waals surface area contributed by atoms with Crippen LogP contribution in [0.3, 0.4) is 0 Å². The van der Waals surface area contributed by atoms with E-state index in [1.807, 2.05) is 7.11 Å². The van der Waals surface area contributed by atoms with E-state index in [2.05, 4.69) is 6.92 Å². The first-order valence-electron chi connectivity index (χ1n) is 11.9. The first-order chi connectivity index (χ1) is 13.1. The van der Waals surface area contributed by atoms with Gasteiger partial charge in [-0.15, -0.1) is 0 Å². The lowest BCUT2D eigenvalue weighted by molar-refractivity contribution is 0.000740. The molecule has 3 fully saturated rings. The van der Waals surface area contributed by atoms with Gasteiger partial charge in [-0.1, -0.05) is 26.2 Å². The molecule has 3 rings (SSSR count). The summed E-state index contributed by atoms with van der Waals surface area (Å²) in [6.07, 6.45) is 13.9. The molecule has 1 nitrogen and oxygen atoms in total. The van der Waals surface area contributed by atoms with Gasteiger partial charge in [0.1, 0.15) is 12.3 Å². The van der Waals surface area contributed by atoms with Gasteiger partial charge in [0.25, 0.3) is 0 Å². The highest BCUT2D eigenvalue weighted by Gasteiger charge is 2.42. The van der Waals surface area contributed by atoms with Crippen molar-refractivity contribution in [2.45, 2.75) is 115 Å². The average molecular weight is 385 g/mol. The molecule has 0 aromatic heterocycles. The van der Waals surface area contributed by atoms with E-state index in [0.29, 0.717) is 30.3 Å². The first-order valence-corrected chi connectivity index (χ1v) is 11.9. The number of methoxy groups -OCH3 is 1. The Morgan fingerprint density at radius 3 is 2.04 bits per heavy atom. The molecule has 0 saturated heterocycles. The molecule has 6 atom stereocenters. The predicted molar refractivity (Wildman–Crippen MR) is 108 cm³/mol. The van der Waals surface area contributed by atoms with E-state index in [0.717, 1.165) is 51.4 Å². The average Bonchev–Trinajstić information content (AvgIpc) is 2.69. The Kier molecular flexibility index (Phi) is 8.42. The zero-order chi connectivity index (χ0) is 19.2. The van der Waals surface area contributed by atoms with Crippen molar-refractivity contribution < 1.29 is 13.5 Å². The van der Waals surface area contributed by atoms with Crippen LogP contribution in [0, 0.1) is 29.6 Å². The van der Waals surface area contributed by atoms with Crippen molar-refractivity contribution in [1.29, 1.82) is 0 Å². The number of rotatable bonds is 7. The molecule has 27 heavy (non-hydrogen) atoms. The third-order valence-electron chi connectivity index (χ3n) is 8.31. The number of halogens is 2. The second kappa shape index (κ2) is 10.6. The summed E-state index contributed by atoms with van der Waals surface area (Å²) in [5, 5.41) is 0. The molecular formula is C24H42F2O. The monoisotopic (exact) mass is 384 g/mol. The molecule has 6 unspecified atom stereocenters. The molecule has 0 aromatic rings. The molecule has 3 saturated carbocycles. The molecule has 0 spiro atoms. The van der Waals surface area contributed by atoms with Crippen LogP contribution < -0.4 is 0 Å². The van der Waals surface area contributed by atoms with Gasteiger partial charge in [-0.05, 0) is 100 Å². The zero-order valence-electron chi connectivity index (χ0n) is 17.7. The van der Waals surface area contributed by atoms with Crippen molar-refractivity contribution in [3.8, 4) is 0 Å². The SMILES string of the molecule is CCCCCC1CCC(C2CCC(C3CCC(OC)CC3)CC2F)CC1F. The van der Waals surface area contributed by atoms with Crippen molar-refractivity contribution in [1.82, 2.24) is 0 Å². The van der Waals surface area contributed by atoms with Crippen molar-refractivity contribution in [2.24, 2.45) is 29.6 Å².